The summed E-state index contributed by atoms with van der Waals surface area (Å²) < 4.78 is 6.53. The van der Waals surface area contributed by atoms with E-state index in [2.05, 4.69) is 57.4 Å². The number of benzene rings is 1. The average molecular weight is 439 g/mol. The third-order valence-corrected chi connectivity index (χ3v) is 8.12. The largest absolute Gasteiger partial charge is 0.383 e. The Morgan fingerprint density at radius 1 is 1.23 bits per heavy atom. The number of pyridine rings is 1. The number of thiophene rings is 1. The van der Waals surface area contributed by atoms with Gasteiger partial charge in [0.2, 0.25) is 0 Å². The fourth-order valence-electron chi connectivity index (χ4n) is 4.46. The Hall–Kier alpha value is -2.06. The van der Waals surface area contributed by atoms with E-state index in [4.69, 9.17) is 4.74 Å². The molecule has 0 radical (unpaired) electrons. The predicted molar refractivity (Wildman–Crippen MR) is 127 cm³/mol. The highest BCUT2D eigenvalue weighted by Gasteiger charge is 2.30. The van der Waals surface area contributed by atoms with Gasteiger partial charge in [-0.05, 0) is 56.6 Å². The van der Waals surface area contributed by atoms with Crippen molar-refractivity contribution >= 4 is 54.5 Å². The van der Waals surface area contributed by atoms with Crippen LogP contribution in [0.1, 0.15) is 30.6 Å². The Morgan fingerprint density at radius 3 is 3.07 bits per heavy atom. The number of piperidine rings is 1. The van der Waals surface area contributed by atoms with Crippen LogP contribution < -0.4 is 5.32 Å². The number of methoxy groups -OCH3 is 1. The summed E-state index contributed by atoms with van der Waals surface area (Å²) in [7, 11) is 1.78. The smallest absolute Gasteiger partial charge is 0.125 e. The zero-order chi connectivity index (χ0) is 20.5. The van der Waals surface area contributed by atoms with Crippen molar-refractivity contribution in [1.82, 2.24) is 14.9 Å². The number of likely N-dealkylation sites (tertiary alicyclic amines) is 1. The molecule has 1 N–H and O–H groups in total. The van der Waals surface area contributed by atoms with E-state index in [-0.39, 0.29) is 0 Å². The Labute approximate surface area is 184 Å². The number of fused-ring (bicyclic) bond motifs is 2. The number of nitrogens with one attached hydrogen (secondary N) is 1. The normalized spacial score (nSPS) is 20.2. The highest BCUT2D eigenvalue weighted by molar-refractivity contribution is 7.18. The molecule has 3 aromatic heterocycles. The molecule has 1 aliphatic heterocycles. The molecule has 4 heterocycles. The monoisotopic (exact) mass is 438 g/mol. The first-order valence-corrected chi connectivity index (χ1v) is 12.1. The highest BCUT2D eigenvalue weighted by Crippen LogP contribution is 2.40. The van der Waals surface area contributed by atoms with Crippen molar-refractivity contribution in [2.75, 3.05) is 32.1 Å². The first kappa shape index (κ1) is 19.9. The molecule has 5 nitrogen and oxygen atoms in total. The van der Waals surface area contributed by atoms with Crippen molar-refractivity contribution < 1.29 is 4.74 Å². The van der Waals surface area contributed by atoms with Crippen LogP contribution in [0.25, 0.3) is 20.4 Å². The van der Waals surface area contributed by atoms with E-state index in [0.717, 1.165) is 41.4 Å². The Kier molecular flexibility index (Phi) is 5.69. The Bertz CT molecular complexity index is 1150. The summed E-state index contributed by atoms with van der Waals surface area (Å²) in [5, 5.41) is 4.80. The quantitative estimate of drug-likeness (QED) is 0.408. The zero-order valence-corrected chi connectivity index (χ0v) is 18.9. The topological polar surface area (TPSA) is 50.3 Å². The van der Waals surface area contributed by atoms with Gasteiger partial charge in [0.15, 0.2) is 0 Å². The van der Waals surface area contributed by atoms with E-state index < -0.39 is 0 Å². The first-order valence-electron chi connectivity index (χ1n) is 10.4. The number of aromatic nitrogens is 2. The van der Waals surface area contributed by atoms with Crippen molar-refractivity contribution in [1.29, 1.82) is 0 Å². The molecular weight excluding hydrogens is 412 g/mol. The molecule has 7 heteroatoms. The van der Waals surface area contributed by atoms with Gasteiger partial charge in [-0.15, -0.1) is 22.7 Å². The van der Waals surface area contributed by atoms with Gasteiger partial charge in [-0.1, -0.05) is 0 Å². The molecule has 30 heavy (non-hydrogen) atoms. The summed E-state index contributed by atoms with van der Waals surface area (Å²) >= 11 is 3.51. The third kappa shape index (κ3) is 3.83. The molecule has 1 aromatic carbocycles. The highest BCUT2D eigenvalue weighted by atomic mass is 32.1. The van der Waals surface area contributed by atoms with E-state index in [9.17, 15) is 0 Å². The molecular formula is C23H26N4OS2. The molecule has 0 saturated carbocycles. The van der Waals surface area contributed by atoms with Gasteiger partial charge in [0.1, 0.15) is 4.83 Å². The van der Waals surface area contributed by atoms with Gasteiger partial charge in [-0.25, -0.2) is 9.97 Å². The van der Waals surface area contributed by atoms with Crippen molar-refractivity contribution in [3.63, 3.8) is 0 Å². The molecule has 0 aliphatic carbocycles. The van der Waals surface area contributed by atoms with E-state index in [1.165, 1.54) is 27.8 Å². The van der Waals surface area contributed by atoms with Gasteiger partial charge in [0.25, 0.3) is 0 Å². The number of anilines is 2. The third-order valence-electron chi connectivity index (χ3n) is 6.13. The van der Waals surface area contributed by atoms with Gasteiger partial charge < -0.3 is 10.1 Å². The maximum atomic E-state index is 5.31. The van der Waals surface area contributed by atoms with Crippen molar-refractivity contribution in [2.45, 2.75) is 31.7 Å². The summed E-state index contributed by atoms with van der Waals surface area (Å²) in [4.78, 5) is 14.2. The molecule has 4 aromatic rings. The molecule has 2 atom stereocenters. The number of hydrogen-bond donors (Lipinski definition) is 1. The molecule has 1 aliphatic rings. The van der Waals surface area contributed by atoms with Crippen LogP contribution in [0, 0.1) is 0 Å². The molecule has 1 fully saturated rings. The van der Waals surface area contributed by atoms with E-state index in [1.54, 1.807) is 18.4 Å². The first-order chi connectivity index (χ1) is 14.7. The van der Waals surface area contributed by atoms with Crippen molar-refractivity contribution in [2.24, 2.45) is 0 Å². The second-order valence-electron chi connectivity index (χ2n) is 7.90. The predicted octanol–water partition coefficient (Wildman–Crippen LogP) is 5.86. The lowest BCUT2D eigenvalue weighted by molar-refractivity contribution is 0.0924. The lowest BCUT2D eigenvalue weighted by Crippen LogP contribution is -2.43. The fraction of sp³-hybridized carbons (Fsp3) is 0.391. The maximum absolute atomic E-state index is 5.31. The van der Waals surface area contributed by atoms with Crippen molar-refractivity contribution in [3.8, 4) is 0 Å². The molecule has 0 bridgehead atoms. The second kappa shape index (κ2) is 8.59. The van der Waals surface area contributed by atoms with Crippen molar-refractivity contribution in [3.05, 3.63) is 46.9 Å². The Morgan fingerprint density at radius 2 is 2.17 bits per heavy atom. The minimum Gasteiger partial charge on any atom is -0.383 e. The standard InChI is InChI=1S/C23H26N4OS2/c1-15-17(4-3-9-27(15)10-11-28-2)22-13-18-19(7-8-24-23(18)30-22)26-16-5-6-21-20(12-16)25-14-29-21/h5-8,12-15,17H,3-4,9-11H2,1-2H3,(H,24,26)/t15-,17-/m1/s1. The minimum absolute atomic E-state index is 0.519. The number of ether oxygens (including phenoxy) is 1. The Balaban J connectivity index is 1.43. The molecule has 1 saturated heterocycles. The maximum Gasteiger partial charge on any atom is 0.125 e. The SMILES string of the molecule is COCCN1CCC[C@@H](c2cc3c(Nc4ccc5scnc5c4)ccnc3s2)[C@H]1C. The fourth-order valence-corrected chi connectivity index (χ4v) is 6.38. The van der Waals surface area contributed by atoms with E-state index >= 15 is 0 Å². The summed E-state index contributed by atoms with van der Waals surface area (Å²) in [6.07, 6.45) is 4.38. The number of rotatable bonds is 6. The molecule has 5 rings (SSSR count). The summed E-state index contributed by atoms with van der Waals surface area (Å²) in [5.74, 6) is 0.550. The van der Waals surface area contributed by atoms with Gasteiger partial charge in [0, 0.05) is 47.8 Å². The average Bonchev–Trinajstić information content (AvgIpc) is 3.40. The molecule has 0 spiro atoms. The van der Waals surface area contributed by atoms with Crippen LogP contribution in [-0.2, 0) is 4.74 Å². The zero-order valence-electron chi connectivity index (χ0n) is 17.3. The van der Waals surface area contributed by atoms with Crippen LogP contribution in [0.2, 0.25) is 0 Å². The molecule has 0 unspecified atom stereocenters. The number of hydrogen-bond acceptors (Lipinski definition) is 7. The number of thiazole rings is 1. The van der Waals surface area contributed by atoms with Crippen LogP contribution in [0.5, 0.6) is 0 Å². The molecule has 156 valence electrons. The van der Waals surface area contributed by atoms with E-state index in [1.807, 2.05) is 23.0 Å². The lowest BCUT2D eigenvalue weighted by atomic mass is 9.88. The molecule has 0 amide bonds. The van der Waals surface area contributed by atoms with Crippen LogP contribution in [0.15, 0.2) is 42.0 Å². The number of nitrogens with zero attached hydrogens (tertiary/aromatic N) is 3. The van der Waals surface area contributed by atoms with Crippen LogP contribution in [-0.4, -0.2) is 47.7 Å². The second-order valence-corrected chi connectivity index (χ2v) is 9.85. The summed E-state index contributed by atoms with van der Waals surface area (Å²) in [5.41, 5.74) is 5.10. The summed E-state index contributed by atoms with van der Waals surface area (Å²) in [6.45, 7) is 5.32. The van der Waals surface area contributed by atoms with Gasteiger partial charge in [0.05, 0.1) is 28.0 Å². The van der Waals surface area contributed by atoms with Crippen LogP contribution >= 0.6 is 22.7 Å². The van der Waals surface area contributed by atoms with Crippen LogP contribution in [0.3, 0.4) is 0 Å². The van der Waals surface area contributed by atoms with E-state index in [0.29, 0.717) is 12.0 Å². The van der Waals surface area contributed by atoms with Crippen LogP contribution in [0.4, 0.5) is 11.4 Å². The summed E-state index contributed by atoms with van der Waals surface area (Å²) in [6, 6.07) is 11.3. The minimum atomic E-state index is 0.519. The van der Waals surface area contributed by atoms with Gasteiger partial charge in [-0.2, -0.15) is 0 Å². The van der Waals surface area contributed by atoms with Gasteiger partial charge >= 0.3 is 0 Å². The lowest BCUT2D eigenvalue weighted by Gasteiger charge is -2.39. The van der Waals surface area contributed by atoms with Gasteiger partial charge in [-0.3, -0.25) is 4.90 Å².